The topological polar surface area (TPSA) is 84.9 Å². The predicted molar refractivity (Wildman–Crippen MR) is 104 cm³/mol. The van der Waals surface area contributed by atoms with Crippen molar-refractivity contribution in [3.05, 3.63) is 71.3 Å². The molecule has 144 valence electrons. The lowest BCUT2D eigenvalue weighted by atomic mass is 9.76. The largest absolute Gasteiger partial charge is 0.482 e. The van der Waals surface area contributed by atoms with E-state index in [0.29, 0.717) is 17.2 Å². The molecule has 1 aliphatic heterocycles. The SMILES string of the molecule is COC(=O)COc1ccc([C@@H]2Nc3ccc(C(=O)O)cc3[C@H]3C=CC[C@H]32)cc1. The molecule has 2 aromatic carbocycles. The van der Waals surface area contributed by atoms with Crippen molar-refractivity contribution in [3.63, 3.8) is 0 Å². The second-order valence-electron chi connectivity index (χ2n) is 7.02. The van der Waals surface area contributed by atoms with E-state index in [1.165, 1.54) is 7.11 Å². The highest BCUT2D eigenvalue weighted by Gasteiger charge is 2.38. The maximum atomic E-state index is 11.3. The maximum absolute atomic E-state index is 11.3. The number of benzene rings is 2. The van der Waals surface area contributed by atoms with Crippen LogP contribution in [-0.2, 0) is 9.53 Å². The molecule has 0 amide bonds. The average Bonchev–Trinajstić information content (AvgIpc) is 3.21. The van der Waals surface area contributed by atoms with Crippen LogP contribution in [0.2, 0.25) is 0 Å². The van der Waals surface area contributed by atoms with Crippen molar-refractivity contribution >= 4 is 17.6 Å². The van der Waals surface area contributed by atoms with Gasteiger partial charge in [0.25, 0.3) is 0 Å². The molecule has 0 saturated carbocycles. The maximum Gasteiger partial charge on any atom is 0.343 e. The number of ether oxygens (including phenoxy) is 2. The quantitative estimate of drug-likeness (QED) is 0.608. The van der Waals surface area contributed by atoms with Crippen molar-refractivity contribution in [1.82, 2.24) is 0 Å². The zero-order valence-electron chi connectivity index (χ0n) is 15.4. The van der Waals surface area contributed by atoms with Gasteiger partial charge >= 0.3 is 11.9 Å². The molecule has 3 atom stereocenters. The zero-order chi connectivity index (χ0) is 19.7. The van der Waals surface area contributed by atoms with E-state index in [1.54, 1.807) is 12.1 Å². The van der Waals surface area contributed by atoms with Crippen molar-refractivity contribution in [2.75, 3.05) is 19.0 Å². The molecule has 0 fully saturated rings. The second kappa shape index (κ2) is 7.38. The van der Waals surface area contributed by atoms with Crippen molar-refractivity contribution < 1.29 is 24.2 Å². The van der Waals surface area contributed by atoms with Crippen LogP contribution in [0, 0.1) is 5.92 Å². The minimum Gasteiger partial charge on any atom is -0.482 e. The van der Waals surface area contributed by atoms with E-state index in [9.17, 15) is 14.7 Å². The van der Waals surface area contributed by atoms with Gasteiger partial charge in [0.05, 0.1) is 18.7 Å². The highest BCUT2D eigenvalue weighted by Crippen LogP contribution is 2.50. The minimum atomic E-state index is -0.911. The number of carboxylic acid groups (broad SMARTS) is 1. The minimum absolute atomic E-state index is 0.109. The van der Waals surface area contributed by atoms with Crippen molar-refractivity contribution in [1.29, 1.82) is 0 Å². The number of aromatic carboxylic acids is 1. The number of rotatable bonds is 5. The Balaban J connectivity index is 1.58. The third-order valence-electron chi connectivity index (χ3n) is 5.43. The summed E-state index contributed by atoms with van der Waals surface area (Å²) >= 11 is 0. The molecule has 0 spiro atoms. The molecule has 28 heavy (non-hydrogen) atoms. The smallest absolute Gasteiger partial charge is 0.343 e. The van der Waals surface area contributed by atoms with Gasteiger partial charge in [0.15, 0.2) is 6.61 Å². The molecule has 2 N–H and O–H groups in total. The summed E-state index contributed by atoms with van der Waals surface area (Å²) < 4.78 is 9.99. The number of carbonyl (C=O) groups is 2. The molecule has 1 heterocycles. The van der Waals surface area contributed by atoms with Gasteiger partial charge in [-0.2, -0.15) is 0 Å². The standard InChI is InChI=1S/C22H21NO5/c1-27-20(24)12-28-15-8-5-13(6-9-15)21-17-4-2-3-16(17)18-11-14(22(25)26)7-10-19(18)23-21/h2-3,5-11,16-17,21,23H,4,12H2,1H3,(H,25,26)/t16-,17+,21-/m0/s1. The normalized spacial score (nSPS) is 22.0. The Morgan fingerprint density at radius 1 is 1.18 bits per heavy atom. The Hall–Kier alpha value is -3.28. The molecule has 0 saturated heterocycles. The Labute approximate surface area is 162 Å². The summed E-state index contributed by atoms with van der Waals surface area (Å²) in [6, 6.07) is 13.1. The van der Waals surface area contributed by atoms with Crippen LogP contribution in [-0.4, -0.2) is 30.8 Å². The van der Waals surface area contributed by atoms with Gasteiger partial charge in [0.1, 0.15) is 5.75 Å². The van der Waals surface area contributed by atoms with Crippen molar-refractivity contribution in [2.45, 2.75) is 18.4 Å². The fraction of sp³-hybridized carbons (Fsp3) is 0.273. The Morgan fingerprint density at radius 2 is 1.96 bits per heavy atom. The lowest BCUT2D eigenvalue weighted by molar-refractivity contribution is -0.142. The number of anilines is 1. The van der Waals surface area contributed by atoms with E-state index in [2.05, 4.69) is 22.2 Å². The Bertz CT molecular complexity index is 934. The van der Waals surface area contributed by atoms with Gasteiger partial charge in [-0.1, -0.05) is 24.3 Å². The van der Waals surface area contributed by atoms with Crippen LogP contribution in [0.4, 0.5) is 5.69 Å². The highest BCUT2D eigenvalue weighted by atomic mass is 16.6. The lowest BCUT2D eigenvalue weighted by Crippen LogP contribution is -2.29. The van der Waals surface area contributed by atoms with Gasteiger partial charge in [0, 0.05) is 11.6 Å². The number of allylic oxidation sites excluding steroid dienone is 2. The fourth-order valence-electron chi connectivity index (χ4n) is 4.03. The van der Waals surface area contributed by atoms with Crippen LogP contribution in [0.15, 0.2) is 54.6 Å². The molecule has 0 aromatic heterocycles. The molecule has 6 nitrogen and oxygen atoms in total. The number of hydrogen-bond acceptors (Lipinski definition) is 5. The van der Waals surface area contributed by atoms with Gasteiger partial charge in [-0.25, -0.2) is 9.59 Å². The lowest BCUT2D eigenvalue weighted by Gasteiger charge is -2.37. The Kier molecular flexibility index (Phi) is 4.77. The van der Waals surface area contributed by atoms with Gasteiger partial charge in [-0.3, -0.25) is 0 Å². The summed E-state index contributed by atoms with van der Waals surface area (Å²) in [5.41, 5.74) is 3.43. The molecule has 1 aliphatic carbocycles. The van der Waals surface area contributed by atoms with E-state index in [0.717, 1.165) is 23.2 Å². The number of esters is 1. The van der Waals surface area contributed by atoms with Crippen molar-refractivity contribution in [3.8, 4) is 5.75 Å². The summed E-state index contributed by atoms with van der Waals surface area (Å²) in [5.74, 6) is -0.215. The molecular weight excluding hydrogens is 358 g/mol. The molecule has 4 rings (SSSR count). The number of carbonyl (C=O) groups excluding carboxylic acids is 1. The number of fused-ring (bicyclic) bond motifs is 3. The van der Waals surface area contributed by atoms with Crippen LogP contribution in [0.3, 0.4) is 0 Å². The van der Waals surface area contributed by atoms with Crippen LogP contribution in [0.5, 0.6) is 5.75 Å². The first kappa shape index (κ1) is 18.1. The number of carboxylic acids is 1. The molecule has 0 unspecified atom stereocenters. The molecule has 0 bridgehead atoms. The van der Waals surface area contributed by atoms with Gasteiger partial charge in [-0.05, 0) is 53.8 Å². The highest BCUT2D eigenvalue weighted by molar-refractivity contribution is 5.89. The van der Waals surface area contributed by atoms with E-state index in [1.807, 2.05) is 30.3 Å². The first-order chi connectivity index (χ1) is 13.6. The van der Waals surface area contributed by atoms with Gasteiger partial charge in [0.2, 0.25) is 0 Å². The molecule has 2 aromatic rings. The first-order valence-electron chi connectivity index (χ1n) is 9.17. The molecule has 2 aliphatic rings. The summed E-state index contributed by atoms with van der Waals surface area (Å²) in [5, 5.41) is 12.9. The first-order valence-corrected chi connectivity index (χ1v) is 9.17. The molecule has 0 radical (unpaired) electrons. The van der Waals surface area contributed by atoms with E-state index >= 15 is 0 Å². The fourth-order valence-corrected chi connectivity index (χ4v) is 4.03. The van der Waals surface area contributed by atoms with Crippen molar-refractivity contribution in [2.24, 2.45) is 5.92 Å². The van der Waals surface area contributed by atoms with Gasteiger partial charge < -0.3 is 19.9 Å². The van der Waals surface area contributed by atoms with Crippen LogP contribution < -0.4 is 10.1 Å². The van der Waals surface area contributed by atoms with E-state index in [4.69, 9.17) is 4.74 Å². The number of hydrogen-bond donors (Lipinski definition) is 2. The third kappa shape index (κ3) is 3.33. The van der Waals surface area contributed by atoms with E-state index in [-0.39, 0.29) is 18.6 Å². The number of nitrogens with one attached hydrogen (secondary N) is 1. The predicted octanol–water partition coefficient (Wildman–Crippen LogP) is 3.76. The monoisotopic (exact) mass is 379 g/mol. The summed E-state index contributed by atoms with van der Waals surface area (Å²) in [4.78, 5) is 22.5. The summed E-state index contributed by atoms with van der Waals surface area (Å²) in [7, 11) is 1.33. The average molecular weight is 379 g/mol. The Morgan fingerprint density at radius 3 is 2.68 bits per heavy atom. The summed E-state index contributed by atoms with van der Waals surface area (Å²) in [6.45, 7) is -0.120. The van der Waals surface area contributed by atoms with Crippen LogP contribution >= 0.6 is 0 Å². The third-order valence-corrected chi connectivity index (χ3v) is 5.43. The molecular formula is C22H21NO5. The summed E-state index contributed by atoms with van der Waals surface area (Å²) in [6.07, 6.45) is 5.27. The zero-order valence-corrected chi connectivity index (χ0v) is 15.4. The second-order valence-corrected chi connectivity index (χ2v) is 7.02. The number of methoxy groups -OCH3 is 1. The van der Waals surface area contributed by atoms with Gasteiger partial charge in [-0.15, -0.1) is 0 Å². The van der Waals surface area contributed by atoms with Crippen LogP contribution in [0.25, 0.3) is 0 Å². The van der Waals surface area contributed by atoms with E-state index < -0.39 is 11.9 Å². The van der Waals surface area contributed by atoms with Crippen LogP contribution in [0.1, 0.15) is 39.9 Å². The molecule has 6 heteroatoms.